The topological polar surface area (TPSA) is 79.5 Å². The van der Waals surface area contributed by atoms with Gasteiger partial charge in [-0.2, -0.15) is 5.10 Å². The molecule has 0 fully saturated rings. The van der Waals surface area contributed by atoms with Gasteiger partial charge in [0.2, 0.25) is 0 Å². The minimum Gasteiger partial charge on any atom is -0.274 e. The number of nitrogens with two attached hydrogens (primary N) is 1. The maximum atomic E-state index is 10.2. The Balaban J connectivity index is 3.26. The van der Waals surface area contributed by atoms with Crippen LogP contribution in [0.3, 0.4) is 0 Å². The summed E-state index contributed by atoms with van der Waals surface area (Å²) in [6.07, 6.45) is 2.35. The smallest absolute Gasteiger partial charge is 0.274 e. The third-order valence-corrected chi connectivity index (χ3v) is 0.571. The summed E-state index contributed by atoms with van der Waals surface area (Å²) in [4.78, 5) is 10.2. The number of hydrogen-bond acceptors (Lipinski definition) is 3. The average molecular weight is 130 g/mol. The number of nitrogens with zero attached hydrogens (tertiary/aromatic N) is 1. The molecule has 0 aromatic carbocycles. The highest BCUT2D eigenvalue weighted by molar-refractivity contribution is 5.74. The minimum atomic E-state index is -0.514. The predicted molar refractivity (Wildman–Crippen MR) is 34.6 cm³/mol. The second-order valence-corrected chi connectivity index (χ2v) is 1.31. The first-order valence-electron chi connectivity index (χ1n) is 2.59. The Morgan fingerprint density at radius 1 is 1.89 bits per heavy atom. The molecule has 9 heavy (non-hydrogen) atoms. The van der Waals surface area contributed by atoms with E-state index < -0.39 is 6.03 Å². The molecule has 0 rings (SSSR count). The van der Waals surface area contributed by atoms with Crippen molar-refractivity contribution < 1.29 is 4.79 Å². The molecule has 5 heteroatoms. The number of rotatable bonds is 2. The average Bonchev–Trinajstić information content (AvgIpc) is 1.89. The summed E-state index contributed by atoms with van der Waals surface area (Å²) in [5, 5.41) is 3.49. The van der Waals surface area contributed by atoms with Gasteiger partial charge in [-0.05, 0) is 6.42 Å². The molecule has 0 atom stereocenters. The molecule has 0 aliphatic heterocycles. The van der Waals surface area contributed by atoms with Crippen LogP contribution in [0.1, 0.15) is 13.3 Å². The third-order valence-electron chi connectivity index (χ3n) is 0.571. The summed E-state index contributed by atoms with van der Waals surface area (Å²) < 4.78 is 0. The van der Waals surface area contributed by atoms with Crippen LogP contribution in [0.15, 0.2) is 5.10 Å². The largest absolute Gasteiger partial charge is 0.349 e. The monoisotopic (exact) mass is 130 g/mol. The molecule has 4 N–H and O–H groups in total. The summed E-state index contributed by atoms with van der Waals surface area (Å²) in [5.41, 5.74) is 3.99. The third kappa shape index (κ3) is 4.76. The highest BCUT2D eigenvalue weighted by Gasteiger charge is 1.87. The Hall–Kier alpha value is -1.10. The maximum absolute atomic E-state index is 10.2. The van der Waals surface area contributed by atoms with Crippen molar-refractivity contribution in [3.05, 3.63) is 0 Å². The van der Waals surface area contributed by atoms with Gasteiger partial charge in [-0.1, -0.05) is 6.92 Å². The van der Waals surface area contributed by atoms with Crippen LogP contribution in [0.2, 0.25) is 0 Å². The van der Waals surface area contributed by atoms with Gasteiger partial charge in [0.05, 0.1) is 0 Å². The van der Waals surface area contributed by atoms with Gasteiger partial charge in [-0.3, -0.25) is 5.43 Å². The van der Waals surface area contributed by atoms with Gasteiger partial charge in [0.25, 0.3) is 0 Å². The normalized spacial score (nSPS) is 9.56. The van der Waals surface area contributed by atoms with E-state index in [-0.39, 0.29) is 0 Å². The van der Waals surface area contributed by atoms with Crippen LogP contribution in [0, 0.1) is 0 Å². The second kappa shape index (κ2) is 5.04. The van der Waals surface area contributed by atoms with Crippen molar-refractivity contribution in [2.75, 3.05) is 0 Å². The van der Waals surface area contributed by atoms with Crippen molar-refractivity contribution in [1.29, 1.82) is 0 Å². The minimum absolute atomic E-state index is 0.514. The lowest BCUT2D eigenvalue weighted by atomic mass is 10.6. The fraction of sp³-hybridized carbons (Fsp3) is 0.500. The molecule has 0 aromatic rings. The van der Waals surface area contributed by atoms with Gasteiger partial charge in [-0.15, -0.1) is 0 Å². The van der Waals surface area contributed by atoms with Crippen molar-refractivity contribution in [3.63, 3.8) is 0 Å². The Morgan fingerprint density at radius 3 is 3.00 bits per heavy atom. The van der Waals surface area contributed by atoms with Crippen molar-refractivity contribution >= 4 is 12.2 Å². The van der Waals surface area contributed by atoms with Crippen molar-refractivity contribution in [1.82, 2.24) is 10.9 Å². The van der Waals surface area contributed by atoms with Gasteiger partial charge < -0.3 is 0 Å². The van der Waals surface area contributed by atoms with Crippen LogP contribution in [0.4, 0.5) is 4.79 Å². The number of amides is 2. The summed E-state index contributed by atoms with van der Waals surface area (Å²) in [5.74, 6) is 4.72. The van der Waals surface area contributed by atoms with Crippen LogP contribution >= 0.6 is 0 Å². The number of carbonyl (C=O) groups excluding carboxylic acids is 1. The summed E-state index contributed by atoms with van der Waals surface area (Å²) in [6, 6.07) is -0.514. The molecule has 0 saturated heterocycles. The zero-order valence-corrected chi connectivity index (χ0v) is 5.22. The van der Waals surface area contributed by atoms with Gasteiger partial charge >= 0.3 is 6.03 Å². The number of hydrazone groups is 1. The van der Waals surface area contributed by atoms with Gasteiger partial charge in [-0.25, -0.2) is 16.1 Å². The number of hydrogen-bond donors (Lipinski definition) is 3. The first-order valence-corrected chi connectivity index (χ1v) is 2.59. The van der Waals surface area contributed by atoms with E-state index in [1.54, 1.807) is 6.21 Å². The van der Waals surface area contributed by atoms with Crippen LogP contribution < -0.4 is 16.7 Å². The SMILES string of the molecule is CCC=NNC(=O)NN. The lowest BCUT2D eigenvalue weighted by Crippen LogP contribution is -2.37. The molecule has 0 aromatic heterocycles. The molecule has 0 bridgehead atoms. The van der Waals surface area contributed by atoms with Crippen molar-refractivity contribution in [2.24, 2.45) is 10.9 Å². The lowest BCUT2D eigenvalue weighted by Gasteiger charge is -1.93. The molecule has 0 heterocycles. The standard InChI is InChI=1S/C4H10N4O/c1-2-3-6-8-4(9)7-5/h3H,2,5H2,1H3,(H2,7,8,9). The second-order valence-electron chi connectivity index (χ2n) is 1.31. The molecule has 0 aliphatic carbocycles. The van der Waals surface area contributed by atoms with E-state index >= 15 is 0 Å². The fourth-order valence-electron chi connectivity index (χ4n) is 0.228. The van der Waals surface area contributed by atoms with E-state index in [0.717, 1.165) is 6.42 Å². The molecule has 0 unspecified atom stereocenters. The van der Waals surface area contributed by atoms with Crippen LogP contribution in [-0.4, -0.2) is 12.2 Å². The quantitative estimate of drug-likeness (QED) is 0.205. The Bertz CT molecular complexity index is 111. The van der Waals surface area contributed by atoms with E-state index in [1.165, 1.54) is 0 Å². The Morgan fingerprint density at radius 2 is 2.56 bits per heavy atom. The zero-order valence-electron chi connectivity index (χ0n) is 5.22. The molecule has 2 amide bonds. The molecule has 52 valence electrons. The Labute approximate surface area is 53.3 Å². The van der Waals surface area contributed by atoms with Crippen molar-refractivity contribution in [3.8, 4) is 0 Å². The Kier molecular flexibility index (Phi) is 4.43. The molecule has 5 nitrogen and oxygen atoms in total. The highest BCUT2D eigenvalue weighted by Crippen LogP contribution is 1.64. The number of hydrazine groups is 1. The summed E-state index contributed by atoms with van der Waals surface area (Å²) >= 11 is 0. The molecular weight excluding hydrogens is 120 g/mol. The summed E-state index contributed by atoms with van der Waals surface area (Å²) in [7, 11) is 0. The fourth-order valence-corrected chi connectivity index (χ4v) is 0.228. The van der Waals surface area contributed by atoms with Crippen LogP contribution in [0.25, 0.3) is 0 Å². The molecule has 0 radical (unpaired) electrons. The molecule has 0 saturated carbocycles. The summed E-state index contributed by atoms with van der Waals surface area (Å²) in [6.45, 7) is 1.91. The van der Waals surface area contributed by atoms with Gasteiger partial charge in [0.1, 0.15) is 0 Å². The lowest BCUT2D eigenvalue weighted by molar-refractivity contribution is 0.241. The maximum Gasteiger partial charge on any atom is 0.349 e. The van der Waals surface area contributed by atoms with Crippen LogP contribution in [0.5, 0.6) is 0 Å². The zero-order chi connectivity index (χ0) is 7.11. The van der Waals surface area contributed by atoms with E-state index in [1.807, 2.05) is 12.3 Å². The van der Waals surface area contributed by atoms with Crippen LogP contribution in [-0.2, 0) is 0 Å². The number of urea groups is 1. The predicted octanol–water partition coefficient (Wildman–Crippen LogP) is -0.445. The van der Waals surface area contributed by atoms with Crippen molar-refractivity contribution in [2.45, 2.75) is 13.3 Å². The number of nitrogens with one attached hydrogen (secondary N) is 2. The van der Waals surface area contributed by atoms with E-state index in [0.29, 0.717) is 0 Å². The van der Waals surface area contributed by atoms with E-state index in [2.05, 4.69) is 10.5 Å². The first kappa shape index (κ1) is 7.90. The van der Waals surface area contributed by atoms with Gasteiger partial charge in [0, 0.05) is 6.21 Å². The molecule has 0 aliphatic rings. The van der Waals surface area contributed by atoms with E-state index in [9.17, 15) is 4.79 Å². The van der Waals surface area contributed by atoms with E-state index in [4.69, 9.17) is 5.84 Å². The molecular formula is C4H10N4O. The number of carbonyl (C=O) groups is 1. The molecule has 0 spiro atoms. The highest BCUT2D eigenvalue weighted by atomic mass is 16.2. The first-order chi connectivity index (χ1) is 4.31. The van der Waals surface area contributed by atoms with Gasteiger partial charge in [0.15, 0.2) is 0 Å².